The fourth-order valence-electron chi connectivity index (χ4n) is 35.7. The first-order chi connectivity index (χ1) is 33.3. The van der Waals surface area contributed by atoms with Gasteiger partial charge in [-0.05, 0) is 375 Å². The third kappa shape index (κ3) is 3.40. The van der Waals surface area contributed by atoms with Crippen LogP contribution in [0.3, 0.4) is 0 Å². The van der Waals surface area contributed by atoms with Crippen LogP contribution in [0.1, 0.15) is 178 Å². The summed E-state index contributed by atoms with van der Waals surface area (Å²) in [6, 6.07) is 11.3. The van der Waals surface area contributed by atoms with Crippen molar-refractivity contribution in [1.29, 1.82) is 0 Å². The third-order valence-electron chi connectivity index (χ3n) is 34.4. The zero-order chi connectivity index (χ0) is 42.8. The van der Waals surface area contributed by atoms with Crippen LogP contribution in [0.15, 0.2) is 24.3 Å². The van der Waals surface area contributed by atoms with Crippen molar-refractivity contribution in [2.75, 3.05) is 0 Å². The molecule has 32 aliphatic carbocycles. The Morgan fingerprint density at radius 3 is 1.03 bits per heavy atom. The smallest absolute Gasteiger partial charge is 0.00162 e. The molecule has 33 rings (SSSR count). The Morgan fingerprint density at radius 1 is 0.309 bits per heavy atom. The third-order valence-corrected chi connectivity index (χ3v) is 43.1. The van der Waals surface area contributed by atoms with Gasteiger partial charge in [0.15, 0.2) is 0 Å². The van der Waals surface area contributed by atoms with E-state index >= 15 is 0 Å². The fourth-order valence-corrected chi connectivity index (χ4v) is 47.4. The number of rotatable bonds is 8. The van der Waals surface area contributed by atoms with Gasteiger partial charge in [-0.3, -0.25) is 0 Å². The van der Waals surface area contributed by atoms with E-state index in [-0.39, 0.29) is 15.8 Å². The molecule has 0 aromatic heterocycles. The first-order valence-corrected chi connectivity index (χ1v) is 35.0. The van der Waals surface area contributed by atoms with E-state index in [1.807, 2.05) is 0 Å². The molecule has 1 aromatic carbocycles. The van der Waals surface area contributed by atoms with Gasteiger partial charge in [-0.25, -0.2) is 0 Å². The van der Waals surface area contributed by atoms with Gasteiger partial charge in [-0.1, -0.05) is 40.1 Å². The summed E-state index contributed by atoms with van der Waals surface area (Å²) in [5.41, 5.74) is 7.47. The average Bonchev–Trinajstić information content (AvgIpc) is 3.35. The zero-order valence-corrected chi connectivity index (χ0v) is 43.6. The van der Waals surface area contributed by atoms with Crippen molar-refractivity contribution in [2.24, 2.45) is 164 Å². The zero-order valence-electron chi connectivity index (χ0n) is 41.9. The first kappa shape index (κ1) is 37.8. The van der Waals surface area contributed by atoms with Crippen LogP contribution in [-0.4, -0.2) is 20.6 Å². The van der Waals surface area contributed by atoms with Gasteiger partial charge < -0.3 is 0 Å². The standard InChI is InChI=1S/C66H84P2/c1-2-4-42(41(3-1)29-67(63-25-37-7-45-43-5-33(11-49(45)63)12-50(63)46(43)8-37)64-26-38-9-47-44-6-34(13-51(47)64)14-52(64)48(44)10-38)30-68(65-27-39-21-59-31-60(22-39)53(59)15-35(17-55(59)65)18-56(60)65)66-28-40-23-61-32-62(24-40)54(61)16-36(19-57(61)66)20-58(62)66/h1-4,33-40,43-58H,5-32H2. The molecular formula is C66H84P2. The lowest BCUT2D eigenvalue weighted by molar-refractivity contribution is -0.387. The van der Waals surface area contributed by atoms with Crippen LogP contribution in [0.5, 0.6) is 0 Å². The molecule has 0 heterocycles. The molecule has 2 heteroatoms. The summed E-state index contributed by atoms with van der Waals surface area (Å²) in [6.45, 7) is 0. The number of benzene rings is 1. The number of hydrogen-bond donors (Lipinski definition) is 0. The molecule has 0 N–H and O–H groups in total. The SMILES string of the molecule is c1ccc(CP(C23CC4CC56CC7(C4)C5CC(CC62)CC73)C23CC4CC56CC7(C4)C5CC(CC62)CC73)c(CP(C23CC4CC5C6CC(CC52)CC3C6C4)C23CC4CC5C6CC(CC52)CC3C6C4)c1. The second-order valence-electron chi connectivity index (χ2n) is 34.2. The Hall–Kier alpha value is 0.0800. The van der Waals surface area contributed by atoms with Crippen LogP contribution in [0.2, 0.25) is 0 Å². The van der Waals surface area contributed by atoms with Gasteiger partial charge in [-0.15, -0.1) is 0 Å². The van der Waals surface area contributed by atoms with Crippen molar-refractivity contribution >= 4 is 15.8 Å². The first-order valence-electron chi connectivity index (χ1n) is 31.9. The van der Waals surface area contributed by atoms with E-state index in [0.717, 1.165) is 161 Å². The second kappa shape index (κ2) is 10.9. The molecule has 0 amide bonds. The van der Waals surface area contributed by atoms with E-state index in [9.17, 15) is 0 Å². The molecule has 358 valence electrons. The molecule has 4 spiro atoms. The van der Waals surface area contributed by atoms with Gasteiger partial charge in [-0.2, -0.15) is 0 Å². The normalized spacial score (nSPS) is 72.8. The molecule has 0 aliphatic heterocycles. The van der Waals surface area contributed by atoms with E-state index in [0.29, 0.717) is 0 Å². The number of hydrogen-bond acceptors (Lipinski definition) is 0. The Morgan fingerprint density at radius 2 is 0.632 bits per heavy atom. The molecule has 68 heavy (non-hydrogen) atoms. The van der Waals surface area contributed by atoms with Crippen molar-refractivity contribution in [2.45, 2.75) is 200 Å². The summed E-state index contributed by atoms with van der Waals surface area (Å²) in [5, 5.41) is 3.10. The van der Waals surface area contributed by atoms with Crippen molar-refractivity contribution in [3.63, 3.8) is 0 Å². The Bertz CT molecular complexity index is 2350. The lowest BCUT2D eigenvalue weighted by atomic mass is 9.16. The summed E-state index contributed by atoms with van der Waals surface area (Å²) in [7, 11) is -0.130. The van der Waals surface area contributed by atoms with Crippen LogP contribution in [0.25, 0.3) is 0 Å². The molecule has 16 unspecified atom stereocenters. The Kier molecular flexibility index (Phi) is 6.04. The van der Waals surface area contributed by atoms with Gasteiger partial charge >= 0.3 is 0 Å². The molecule has 0 radical (unpaired) electrons. The molecule has 16 atom stereocenters. The molecule has 32 fully saturated rings. The van der Waals surface area contributed by atoms with Gasteiger partial charge in [0, 0.05) is 0 Å². The Labute approximate surface area is 412 Å². The fraction of sp³-hybridized carbons (Fsp3) is 0.909. The average molecular weight is 939 g/mol. The van der Waals surface area contributed by atoms with Crippen molar-refractivity contribution < 1.29 is 0 Å². The maximum absolute atomic E-state index is 2.97. The maximum Gasteiger partial charge on any atom is -0.00162 e. The highest BCUT2D eigenvalue weighted by Gasteiger charge is 2.92. The van der Waals surface area contributed by atoms with Crippen LogP contribution in [0.4, 0.5) is 0 Å². The van der Waals surface area contributed by atoms with Crippen LogP contribution in [-0.2, 0) is 12.3 Å². The van der Waals surface area contributed by atoms with Gasteiger partial charge in [0.1, 0.15) is 0 Å². The van der Waals surface area contributed by atoms with E-state index in [2.05, 4.69) is 35.4 Å². The molecule has 32 aliphatic rings. The minimum absolute atomic E-state index is 0.0606. The maximum atomic E-state index is 2.97. The highest BCUT2D eigenvalue weighted by Crippen LogP contribution is 3.02. The second-order valence-corrected chi connectivity index (χ2v) is 39.9. The van der Waals surface area contributed by atoms with E-state index in [4.69, 9.17) is 0 Å². The summed E-state index contributed by atoms with van der Waals surface area (Å²) in [4.78, 5) is 0. The van der Waals surface area contributed by atoms with Gasteiger partial charge in [0.05, 0.1) is 0 Å². The summed E-state index contributed by atoms with van der Waals surface area (Å²) in [5.74, 6) is 27.7. The van der Waals surface area contributed by atoms with E-state index in [1.165, 1.54) is 23.7 Å². The lowest BCUT2D eigenvalue weighted by Gasteiger charge is -2.95. The summed E-state index contributed by atoms with van der Waals surface area (Å²) >= 11 is 0. The molecule has 0 saturated heterocycles. The molecule has 1 aromatic rings. The van der Waals surface area contributed by atoms with E-state index < -0.39 is 0 Å². The minimum Gasteiger partial charge on any atom is -0.0883 e. The topological polar surface area (TPSA) is 0 Å². The van der Waals surface area contributed by atoms with Crippen molar-refractivity contribution in [3.05, 3.63) is 35.4 Å². The lowest BCUT2D eigenvalue weighted by Crippen LogP contribution is -2.89. The highest BCUT2D eigenvalue weighted by molar-refractivity contribution is 7.61. The van der Waals surface area contributed by atoms with Gasteiger partial charge in [0.25, 0.3) is 0 Å². The largest absolute Gasteiger partial charge is 0.0883 e. The summed E-state index contributed by atoms with van der Waals surface area (Å²) in [6.07, 6.45) is 48.0. The van der Waals surface area contributed by atoms with Crippen LogP contribution < -0.4 is 0 Å². The molecule has 32 bridgehead atoms. The quantitative estimate of drug-likeness (QED) is 0.228. The summed E-state index contributed by atoms with van der Waals surface area (Å²) < 4.78 is 0. The van der Waals surface area contributed by atoms with Crippen LogP contribution in [0, 0.1) is 164 Å². The molecule has 32 saturated carbocycles. The van der Waals surface area contributed by atoms with E-state index in [1.54, 1.807) is 179 Å². The van der Waals surface area contributed by atoms with Crippen molar-refractivity contribution in [3.8, 4) is 0 Å². The van der Waals surface area contributed by atoms with Crippen LogP contribution >= 0.6 is 15.8 Å². The Balaban J connectivity index is 0.733. The molecular weight excluding hydrogens is 855 g/mol. The predicted octanol–water partition coefficient (Wildman–Crippen LogP) is 15.8. The predicted molar refractivity (Wildman–Crippen MR) is 272 cm³/mol. The monoisotopic (exact) mass is 939 g/mol. The molecule has 0 nitrogen and oxygen atoms in total. The van der Waals surface area contributed by atoms with Crippen molar-refractivity contribution in [1.82, 2.24) is 0 Å². The minimum atomic E-state index is -0.0694. The van der Waals surface area contributed by atoms with Gasteiger partial charge in [0.2, 0.25) is 0 Å². The highest BCUT2D eigenvalue weighted by atomic mass is 31.1.